The number of aliphatic carboxylic acids is 2. The normalized spacial score (nSPS) is 14.8. The number of aliphatic hydroxyl groups excluding tert-OH is 3. The summed E-state index contributed by atoms with van der Waals surface area (Å²) in [6.45, 7) is 7.19. The molecule has 0 unspecified atom stereocenters. The number of rotatable bonds is 55. The molecule has 3 heterocycles. The molecule has 0 saturated carbocycles. The van der Waals surface area contributed by atoms with Crippen LogP contribution in [0.1, 0.15) is 129 Å². The Morgan fingerprint density at radius 1 is 0.411 bits per heavy atom. The van der Waals surface area contributed by atoms with Crippen molar-refractivity contribution in [3.05, 3.63) is 108 Å². The van der Waals surface area contributed by atoms with E-state index in [0.717, 1.165) is 0 Å². The zero-order valence-electron chi connectivity index (χ0n) is 69.6. The number of hydrogen-bond donors (Lipinski definition) is 25. The minimum Gasteiger partial charge on any atom is -0.481 e. The van der Waals surface area contributed by atoms with E-state index in [4.69, 9.17) is 17.2 Å². The summed E-state index contributed by atoms with van der Waals surface area (Å²) in [7, 11) is 0. The zero-order chi connectivity index (χ0) is 92.0. The van der Waals surface area contributed by atoms with Crippen LogP contribution in [0, 0.1) is 17.8 Å². The number of aromatic nitrogens is 5. The minimum atomic E-state index is -1.89. The van der Waals surface area contributed by atoms with Crippen LogP contribution in [0.3, 0.4) is 0 Å². The number of nitrogens with one attached hydrogen (secondary N) is 17. The monoisotopic (exact) mass is 1740 g/mol. The fourth-order valence-electron chi connectivity index (χ4n) is 12.5. The Kier molecular flexibility index (Phi) is 41.5. The molecule has 5 aromatic rings. The van der Waals surface area contributed by atoms with Gasteiger partial charge in [0.05, 0.1) is 50.4 Å². The Bertz CT molecular complexity index is 4470. The minimum absolute atomic E-state index is 0.0389. The molecule has 3 aromatic heterocycles. The fraction of sp³-hybridized carbons (Fsp3) is 0.519. The molecule has 15 atom stereocenters. The summed E-state index contributed by atoms with van der Waals surface area (Å²) in [6.07, 6.45) is 2.34. The summed E-state index contributed by atoms with van der Waals surface area (Å²) in [6, 6.07) is -7.54. The first-order valence-corrected chi connectivity index (χ1v) is 40.1. The summed E-state index contributed by atoms with van der Waals surface area (Å²) in [4.78, 5) is 262. The lowest BCUT2D eigenvalue weighted by Gasteiger charge is -2.29. The highest BCUT2D eigenvalue weighted by atomic mass is 16.4. The molecular formula is C79H114N22O23. The van der Waals surface area contributed by atoms with E-state index < -0.39 is 268 Å². The molecule has 28 N–H and O–H groups in total. The van der Waals surface area contributed by atoms with Gasteiger partial charge in [-0.1, -0.05) is 96.5 Å². The maximum Gasteiger partial charge on any atom is 0.325 e. The highest BCUT2D eigenvalue weighted by Gasteiger charge is 2.39. The quantitative estimate of drug-likeness (QED) is 0.0172. The number of aliphatic hydroxyl groups is 3. The number of carbonyl (C=O) groups excluding carboxylic acids is 16. The second-order valence-electron chi connectivity index (χ2n) is 30.5. The highest BCUT2D eigenvalue weighted by Crippen LogP contribution is 2.21. The van der Waals surface area contributed by atoms with Gasteiger partial charge in [-0.25, -0.2) is 9.97 Å². The molecular weight excluding hydrogens is 1620 g/mol. The highest BCUT2D eigenvalue weighted by molar-refractivity contribution is 6.01. The molecule has 0 radical (unpaired) electrons. The van der Waals surface area contributed by atoms with Crippen molar-refractivity contribution in [2.24, 2.45) is 35.0 Å². The Balaban J connectivity index is 1.29. The van der Waals surface area contributed by atoms with Crippen molar-refractivity contribution in [3.63, 3.8) is 0 Å². The van der Waals surface area contributed by atoms with E-state index in [1.165, 1.54) is 32.0 Å². The van der Waals surface area contributed by atoms with E-state index >= 15 is 0 Å². The van der Waals surface area contributed by atoms with Crippen LogP contribution in [0.5, 0.6) is 0 Å². The van der Waals surface area contributed by atoms with E-state index in [-0.39, 0.29) is 56.6 Å². The van der Waals surface area contributed by atoms with Crippen molar-refractivity contribution in [2.45, 2.75) is 217 Å². The van der Waals surface area contributed by atoms with Crippen LogP contribution < -0.4 is 91.6 Å². The summed E-state index contributed by atoms with van der Waals surface area (Å²) in [5.74, 6) is -21.0. The summed E-state index contributed by atoms with van der Waals surface area (Å²) in [5, 5.41) is 84.6. The van der Waals surface area contributed by atoms with Crippen LogP contribution in [-0.2, 0) is 112 Å². The number of amides is 16. The van der Waals surface area contributed by atoms with Crippen molar-refractivity contribution in [1.82, 2.24) is 99.4 Å². The number of primary amides is 2. The number of H-pyrrole nitrogens is 3. The van der Waals surface area contributed by atoms with Gasteiger partial charge in [0.25, 0.3) is 0 Å². The largest absolute Gasteiger partial charge is 0.481 e. The van der Waals surface area contributed by atoms with Crippen LogP contribution >= 0.6 is 0 Å². The van der Waals surface area contributed by atoms with E-state index in [0.29, 0.717) is 27.7 Å². The van der Waals surface area contributed by atoms with Gasteiger partial charge in [-0.15, -0.1) is 0 Å². The maximum absolute atomic E-state index is 14.6. The summed E-state index contributed by atoms with van der Waals surface area (Å²) >= 11 is 0. The van der Waals surface area contributed by atoms with Gasteiger partial charge in [-0.3, -0.25) is 86.3 Å². The van der Waals surface area contributed by atoms with E-state index in [2.05, 4.69) is 99.4 Å². The van der Waals surface area contributed by atoms with Crippen molar-refractivity contribution in [3.8, 4) is 0 Å². The zero-order valence-corrected chi connectivity index (χ0v) is 69.6. The second kappa shape index (κ2) is 50.8. The van der Waals surface area contributed by atoms with Gasteiger partial charge in [-0.2, -0.15) is 0 Å². The van der Waals surface area contributed by atoms with Crippen LogP contribution in [-0.4, -0.2) is 268 Å². The van der Waals surface area contributed by atoms with Crippen molar-refractivity contribution < 1.29 is 112 Å². The van der Waals surface area contributed by atoms with Gasteiger partial charge >= 0.3 is 11.9 Å². The average molecular weight is 1740 g/mol. The molecule has 0 aliphatic heterocycles. The van der Waals surface area contributed by atoms with Gasteiger partial charge in [0.2, 0.25) is 94.5 Å². The van der Waals surface area contributed by atoms with E-state index in [1.807, 2.05) is 0 Å². The summed E-state index contributed by atoms with van der Waals surface area (Å²) < 4.78 is 0. The Hall–Kier alpha value is -13.3. The molecule has 5 rings (SSSR count). The Morgan fingerprint density at radius 2 is 0.806 bits per heavy atom. The maximum atomic E-state index is 14.6. The summed E-state index contributed by atoms with van der Waals surface area (Å²) in [5.41, 5.74) is 18.8. The van der Waals surface area contributed by atoms with Crippen LogP contribution in [0.4, 0.5) is 0 Å². The number of carboxylic acids is 2. The van der Waals surface area contributed by atoms with Crippen molar-refractivity contribution >= 4 is 117 Å². The number of para-hydroxylation sites is 1. The lowest BCUT2D eigenvalue weighted by atomic mass is 9.96. The van der Waals surface area contributed by atoms with Gasteiger partial charge in [-0.05, 0) is 74.0 Å². The molecule has 0 fully saturated rings. The Labute approximate surface area is 711 Å². The third-order valence-electron chi connectivity index (χ3n) is 19.6. The molecule has 45 nitrogen and oxygen atoms in total. The first-order chi connectivity index (χ1) is 58.7. The molecule has 0 aliphatic rings. The first-order valence-electron chi connectivity index (χ1n) is 40.1. The van der Waals surface area contributed by atoms with Crippen LogP contribution in [0.15, 0.2) is 85.8 Å². The lowest BCUT2D eigenvalue weighted by molar-refractivity contribution is -0.142. The molecule has 678 valence electrons. The van der Waals surface area contributed by atoms with Gasteiger partial charge < -0.3 is 132 Å². The number of nitrogens with two attached hydrogens (primary N) is 3. The van der Waals surface area contributed by atoms with Crippen LogP contribution in [0.2, 0.25) is 0 Å². The number of benzene rings is 2. The first kappa shape index (κ1) is 101. The van der Waals surface area contributed by atoms with Gasteiger partial charge in [0.1, 0.15) is 84.6 Å². The number of carboxylic acid groups (broad SMARTS) is 2. The molecule has 0 bridgehead atoms. The second-order valence-corrected chi connectivity index (χ2v) is 30.5. The Morgan fingerprint density at radius 3 is 1.25 bits per heavy atom. The predicted molar refractivity (Wildman–Crippen MR) is 439 cm³/mol. The molecule has 16 amide bonds. The van der Waals surface area contributed by atoms with Crippen LogP contribution in [0.25, 0.3) is 10.9 Å². The third kappa shape index (κ3) is 34.0. The molecule has 0 saturated heterocycles. The van der Waals surface area contributed by atoms with Gasteiger partial charge in [0, 0.05) is 74.4 Å². The molecule has 45 heteroatoms. The van der Waals surface area contributed by atoms with Gasteiger partial charge in [0.15, 0.2) is 0 Å². The number of hydrogen-bond acceptors (Lipinski definition) is 24. The number of carbonyl (C=O) groups is 18. The van der Waals surface area contributed by atoms with E-state index in [1.54, 1.807) is 102 Å². The van der Waals surface area contributed by atoms with E-state index in [9.17, 15) is 112 Å². The van der Waals surface area contributed by atoms with Crippen molar-refractivity contribution in [2.75, 3.05) is 26.4 Å². The standard InChI is InChI=1S/C79H114N22O23/c1-8-41(6)65(78(122)99-54(25-40(4)5)72(116)97-56(27-44-30-85-49-17-13-12-16-47(44)49)75(119)98-57(28-45-31-83-37-87-45)71(115)89-42(7)79(123)124)101-77(121)60(36-104)90-63(107)33-86-67(111)59(35-103)100-73(117)53(24-39(2)3)95-69(113)50(18-21-61(81)105)91-68(112)52(20-23-64(108)109)93-74(118)55(26-43-14-10-9-11-15-43)96-70(114)51(19-22-62(82)106)92-76(120)58(29-46-32-84-38-88-46)94-66(110)48(80)34-102/h9-17,30-32,37-42,48,50-60,65,85,102-104H,8,18-29,33-36,80H2,1-7H3,(H2,81,105)(H2,82,106)(H,83,87)(H,84,88)(H,86,111)(H,89,115)(H,90,107)(H,91,112)(H,92,120)(H,93,118)(H,94,110)(H,95,113)(H,96,114)(H,97,116)(H,98,119)(H,99,122)(H,100,117)(H,101,121)(H,108,109)(H,123,124)/t41-,42-,48-,50-,51-,52-,53-,54-,55-,56-,57-,58-,59-,60-,65-/m0/s1. The topological polar surface area (TPSA) is 728 Å². The molecule has 124 heavy (non-hydrogen) atoms. The third-order valence-corrected chi connectivity index (χ3v) is 19.6. The fourth-order valence-corrected chi connectivity index (χ4v) is 12.5. The molecule has 2 aromatic carbocycles. The number of aromatic amines is 3. The molecule has 0 aliphatic carbocycles. The SMILES string of the molecule is CC[C@H](C)[C@H](NC(=O)[C@H](CO)NC(=O)CNC(=O)[C@H](CO)NC(=O)[C@H](CC(C)C)NC(=O)[C@H](CCC(N)=O)NC(=O)[C@H](CCC(=O)O)NC(=O)[C@H](Cc1ccccc1)NC(=O)[C@H](CCC(N)=O)NC(=O)[C@H](Cc1c[nH]cn1)NC(=O)[C@@H](N)CO)C(=O)N[C@@H](CC(C)C)C(=O)N[C@@H](Cc1c[nH]c2ccccc12)C(=O)N[C@@H](Cc1c[nH]cn1)C(=O)N[C@@H](C)C(=O)O. The smallest absolute Gasteiger partial charge is 0.325 e. The van der Waals surface area contributed by atoms with Crippen molar-refractivity contribution in [1.29, 1.82) is 0 Å². The molecule has 0 spiro atoms. The number of fused-ring (bicyclic) bond motifs is 1. The number of nitrogens with zero attached hydrogens (tertiary/aromatic N) is 2. The lowest BCUT2D eigenvalue weighted by Crippen LogP contribution is -2.61. The average Bonchev–Trinajstić information content (AvgIpc) is 1.60. The number of imidazole rings is 2. The predicted octanol–water partition coefficient (Wildman–Crippen LogP) is -6.75.